The number of ether oxygens (including phenoxy) is 3. The molecule has 1 aliphatic rings. The Morgan fingerprint density at radius 1 is 1.04 bits per heavy atom. The van der Waals surface area contributed by atoms with Gasteiger partial charge in [0.2, 0.25) is 0 Å². The van der Waals surface area contributed by atoms with Gasteiger partial charge < -0.3 is 19.1 Å². The molecule has 0 atom stereocenters. The number of hydrogen-bond donors (Lipinski definition) is 0. The molecule has 5 nitrogen and oxygen atoms in total. The van der Waals surface area contributed by atoms with Crippen molar-refractivity contribution in [1.82, 2.24) is 4.90 Å². The van der Waals surface area contributed by atoms with Crippen LogP contribution in [0.15, 0.2) is 42.5 Å². The van der Waals surface area contributed by atoms with Gasteiger partial charge in [0.1, 0.15) is 17.2 Å². The molecule has 0 bridgehead atoms. The lowest BCUT2D eigenvalue weighted by Crippen LogP contribution is -2.36. The molecule has 0 radical (unpaired) electrons. The molecule has 26 heavy (non-hydrogen) atoms. The van der Waals surface area contributed by atoms with E-state index in [0.29, 0.717) is 12.3 Å². The molecule has 0 spiro atoms. The summed E-state index contributed by atoms with van der Waals surface area (Å²) >= 11 is 0. The standard InChI is InChI=1S/C21H25NO4/c1-15-4-8-18(9-5-15)26-14-21(23)22(17-6-7-17)13-16-12-19(24-2)10-11-20(16)25-3/h4-5,8-12,17H,6-7,13-14H2,1-3H3. The zero-order chi connectivity index (χ0) is 18.5. The first-order valence-electron chi connectivity index (χ1n) is 8.80. The highest BCUT2D eigenvalue weighted by Gasteiger charge is 2.33. The summed E-state index contributed by atoms with van der Waals surface area (Å²) in [6.07, 6.45) is 2.06. The molecule has 1 saturated carbocycles. The number of aryl methyl sites for hydroxylation is 1. The lowest BCUT2D eigenvalue weighted by molar-refractivity contribution is -0.134. The van der Waals surface area contributed by atoms with Crippen LogP contribution in [0.1, 0.15) is 24.0 Å². The number of hydrogen-bond acceptors (Lipinski definition) is 4. The summed E-state index contributed by atoms with van der Waals surface area (Å²) in [7, 11) is 3.26. The number of rotatable bonds is 8. The smallest absolute Gasteiger partial charge is 0.261 e. The highest BCUT2D eigenvalue weighted by atomic mass is 16.5. The van der Waals surface area contributed by atoms with Gasteiger partial charge in [-0.3, -0.25) is 4.79 Å². The van der Waals surface area contributed by atoms with E-state index >= 15 is 0 Å². The summed E-state index contributed by atoms with van der Waals surface area (Å²) in [6.45, 7) is 2.54. The minimum Gasteiger partial charge on any atom is -0.497 e. The largest absolute Gasteiger partial charge is 0.497 e. The van der Waals surface area contributed by atoms with Gasteiger partial charge in [-0.1, -0.05) is 17.7 Å². The van der Waals surface area contributed by atoms with E-state index in [-0.39, 0.29) is 18.6 Å². The molecular weight excluding hydrogens is 330 g/mol. The maximum Gasteiger partial charge on any atom is 0.261 e. The fraction of sp³-hybridized carbons (Fsp3) is 0.381. The van der Waals surface area contributed by atoms with Crippen LogP contribution in [0.25, 0.3) is 0 Å². The summed E-state index contributed by atoms with van der Waals surface area (Å²) < 4.78 is 16.4. The Morgan fingerprint density at radius 2 is 1.73 bits per heavy atom. The maximum absolute atomic E-state index is 12.8. The summed E-state index contributed by atoms with van der Waals surface area (Å²) in [5.74, 6) is 2.19. The van der Waals surface area contributed by atoms with Crippen LogP contribution in [0.3, 0.4) is 0 Å². The van der Waals surface area contributed by atoms with E-state index in [1.165, 1.54) is 0 Å². The van der Waals surface area contributed by atoms with Crippen molar-refractivity contribution in [3.63, 3.8) is 0 Å². The van der Waals surface area contributed by atoms with Crippen LogP contribution >= 0.6 is 0 Å². The number of carbonyl (C=O) groups is 1. The molecule has 0 saturated heterocycles. The predicted molar refractivity (Wildman–Crippen MR) is 99.8 cm³/mol. The topological polar surface area (TPSA) is 48.0 Å². The Hall–Kier alpha value is -2.69. The van der Waals surface area contributed by atoms with E-state index < -0.39 is 0 Å². The van der Waals surface area contributed by atoms with E-state index in [1.54, 1.807) is 14.2 Å². The number of benzene rings is 2. The molecule has 0 aromatic heterocycles. The fourth-order valence-corrected chi connectivity index (χ4v) is 2.86. The second-order valence-corrected chi connectivity index (χ2v) is 6.53. The molecule has 0 heterocycles. The van der Waals surface area contributed by atoms with Gasteiger partial charge in [0, 0.05) is 18.2 Å². The number of nitrogens with zero attached hydrogens (tertiary/aromatic N) is 1. The third kappa shape index (κ3) is 4.48. The Balaban J connectivity index is 1.69. The maximum atomic E-state index is 12.8. The SMILES string of the molecule is COc1ccc(OC)c(CN(C(=O)COc2ccc(C)cc2)C2CC2)c1. The van der Waals surface area contributed by atoms with Crippen LogP contribution in [-0.2, 0) is 11.3 Å². The third-order valence-electron chi connectivity index (χ3n) is 4.52. The van der Waals surface area contributed by atoms with E-state index in [9.17, 15) is 4.79 Å². The van der Waals surface area contributed by atoms with Gasteiger partial charge in [0.15, 0.2) is 6.61 Å². The van der Waals surface area contributed by atoms with E-state index in [2.05, 4.69) is 0 Å². The molecule has 0 unspecified atom stereocenters. The van der Waals surface area contributed by atoms with Crippen LogP contribution in [0.5, 0.6) is 17.2 Å². The van der Waals surface area contributed by atoms with E-state index in [4.69, 9.17) is 14.2 Å². The first-order valence-corrected chi connectivity index (χ1v) is 8.80. The number of amides is 1. The van der Waals surface area contributed by atoms with Gasteiger partial charge in [-0.05, 0) is 50.1 Å². The third-order valence-corrected chi connectivity index (χ3v) is 4.52. The summed E-state index contributed by atoms with van der Waals surface area (Å²) in [4.78, 5) is 14.6. The van der Waals surface area contributed by atoms with Gasteiger partial charge >= 0.3 is 0 Å². The zero-order valence-corrected chi connectivity index (χ0v) is 15.5. The Bertz CT molecular complexity index is 753. The van der Waals surface area contributed by atoms with Gasteiger partial charge in [-0.25, -0.2) is 0 Å². The lowest BCUT2D eigenvalue weighted by Gasteiger charge is -2.24. The molecule has 138 valence electrons. The minimum atomic E-state index is -0.0158. The molecule has 1 aliphatic carbocycles. The normalized spacial score (nSPS) is 13.2. The van der Waals surface area contributed by atoms with Crippen molar-refractivity contribution in [2.45, 2.75) is 32.4 Å². The Kier molecular flexibility index (Phi) is 5.66. The van der Waals surface area contributed by atoms with E-state index in [0.717, 1.165) is 35.5 Å². The van der Waals surface area contributed by atoms with Crippen molar-refractivity contribution >= 4 is 5.91 Å². The molecule has 1 fully saturated rings. The minimum absolute atomic E-state index is 0.0158. The van der Waals surface area contributed by atoms with Crippen LogP contribution in [0.2, 0.25) is 0 Å². The van der Waals surface area contributed by atoms with Crippen LogP contribution in [0, 0.1) is 6.92 Å². The fourth-order valence-electron chi connectivity index (χ4n) is 2.86. The first-order chi connectivity index (χ1) is 12.6. The molecule has 0 N–H and O–H groups in total. The van der Waals surface area contributed by atoms with Gasteiger partial charge in [0.25, 0.3) is 5.91 Å². The average Bonchev–Trinajstić information content (AvgIpc) is 3.50. The molecule has 2 aromatic rings. The molecule has 0 aliphatic heterocycles. The Labute approximate surface area is 154 Å². The van der Waals surface area contributed by atoms with Crippen LogP contribution < -0.4 is 14.2 Å². The van der Waals surface area contributed by atoms with Crippen molar-refractivity contribution in [2.75, 3.05) is 20.8 Å². The monoisotopic (exact) mass is 355 g/mol. The second kappa shape index (κ2) is 8.13. The molecule has 1 amide bonds. The van der Waals surface area contributed by atoms with Crippen molar-refractivity contribution in [3.05, 3.63) is 53.6 Å². The van der Waals surface area contributed by atoms with Gasteiger partial charge in [0.05, 0.1) is 14.2 Å². The Morgan fingerprint density at radius 3 is 2.35 bits per heavy atom. The first kappa shape index (κ1) is 18.1. The predicted octanol–water partition coefficient (Wildman–Crippen LogP) is 3.58. The summed E-state index contributed by atoms with van der Waals surface area (Å²) in [6, 6.07) is 13.6. The second-order valence-electron chi connectivity index (χ2n) is 6.53. The number of methoxy groups -OCH3 is 2. The van der Waals surface area contributed by atoms with Crippen molar-refractivity contribution in [2.24, 2.45) is 0 Å². The molecule has 5 heteroatoms. The molecule has 3 rings (SSSR count). The number of carbonyl (C=O) groups excluding carboxylic acids is 1. The van der Waals surface area contributed by atoms with Crippen molar-refractivity contribution in [1.29, 1.82) is 0 Å². The highest BCUT2D eigenvalue weighted by Crippen LogP contribution is 2.32. The van der Waals surface area contributed by atoms with Crippen LogP contribution in [-0.4, -0.2) is 37.7 Å². The van der Waals surface area contributed by atoms with Gasteiger partial charge in [-0.15, -0.1) is 0 Å². The summed E-state index contributed by atoms with van der Waals surface area (Å²) in [5, 5.41) is 0. The van der Waals surface area contributed by atoms with E-state index in [1.807, 2.05) is 54.3 Å². The van der Waals surface area contributed by atoms with Crippen molar-refractivity contribution in [3.8, 4) is 17.2 Å². The lowest BCUT2D eigenvalue weighted by atomic mass is 10.1. The zero-order valence-electron chi connectivity index (χ0n) is 15.5. The van der Waals surface area contributed by atoms with Gasteiger partial charge in [-0.2, -0.15) is 0 Å². The quantitative estimate of drug-likeness (QED) is 0.726. The molecular formula is C21H25NO4. The van der Waals surface area contributed by atoms with Crippen molar-refractivity contribution < 1.29 is 19.0 Å². The summed E-state index contributed by atoms with van der Waals surface area (Å²) in [5.41, 5.74) is 2.09. The molecule has 2 aromatic carbocycles. The average molecular weight is 355 g/mol. The van der Waals surface area contributed by atoms with Crippen LogP contribution in [0.4, 0.5) is 0 Å². The highest BCUT2D eigenvalue weighted by molar-refractivity contribution is 5.78.